The van der Waals surface area contributed by atoms with Gasteiger partial charge in [-0.2, -0.15) is 9.61 Å². The van der Waals surface area contributed by atoms with Crippen LogP contribution >= 0.6 is 0 Å². The summed E-state index contributed by atoms with van der Waals surface area (Å²) < 4.78 is 2.04. The van der Waals surface area contributed by atoms with Crippen LogP contribution in [0.3, 0.4) is 0 Å². The summed E-state index contributed by atoms with van der Waals surface area (Å²) in [5.41, 5.74) is 7.88. The molecule has 2 aromatic heterocycles. The number of hydrogen-bond donors (Lipinski definition) is 2. The van der Waals surface area contributed by atoms with Crippen molar-refractivity contribution < 1.29 is 9.90 Å². The monoisotopic (exact) mass is 662 g/mol. The van der Waals surface area contributed by atoms with Gasteiger partial charge in [0.2, 0.25) is 5.91 Å². The number of aliphatic hydroxyl groups is 1. The van der Waals surface area contributed by atoms with Gasteiger partial charge in [-0.05, 0) is 86.8 Å². The van der Waals surface area contributed by atoms with E-state index in [0.29, 0.717) is 5.41 Å². The Morgan fingerprint density at radius 1 is 0.918 bits per heavy atom. The molecule has 49 heavy (non-hydrogen) atoms. The van der Waals surface area contributed by atoms with Crippen molar-refractivity contribution in [2.75, 3.05) is 50.8 Å². The second kappa shape index (κ2) is 15.4. The Morgan fingerprint density at radius 2 is 1.67 bits per heavy atom. The van der Waals surface area contributed by atoms with Crippen LogP contribution in [0.2, 0.25) is 0 Å². The molecule has 0 unspecified atom stereocenters. The molecule has 3 fully saturated rings. The van der Waals surface area contributed by atoms with Gasteiger partial charge in [-0.25, -0.2) is 4.98 Å². The molecule has 2 saturated carbocycles. The molecular weight excluding hydrogens is 608 g/mol. The first kappa shape index (κ1) is 33.7. The van der Waals surface area contributed by atoms with Gasteiger partial charge < -0.3 is 15.3 Å². The Bertz CT molecular complexity index is 1700. The fourth-order valence-electron chi connectivity index (χ4n) is 8.83. The number of amides is 1. The summed E-state index contributed by atoms with van der Waals surface area (Å²) in [7, 11) is 0. The average molecular weight is 663 g/mol. The van der Waals surface area contributed by atoms with Gasteiger partial charge in [-0.1, -0.05) is 67.8 Å². The zero-order chi connectivity index (χ0) is 33.6. The van der Waals surface area contributed by atoms with Gasteiger partial charge in [0.1, 0.15) is 5.82 Å². The van der Waals surface area contributed by atoms with Gasteiger partial charge in [-0.15, -0.1) is 0 Å². The molecule has 8 heteroatoms. The Balaban J connectivity index is 0.975. The molecular formula is C41H54N6O2. The predicted molar refractivity (Wildman–Crippen MR) is 198 cm³/mol. The van der Waals surface area contributed by atoms with Crippen molar-refractivity contribution in [3.05, 3.63) is 71.9 Å². The molecule has 8 nitrogen and oxygen atoms in total. The van der Waals surface area contributed by atoms with E-state index < -0.39 is 0 Å². The second-order valence-corrected chi connectivity index (χ2v) is 15.0. The summed E-state index contributed by atoms with van der Waals surface area (Å²) in [6, 6.07) is 21.6. The third kappa shape index (κ3) is 7.86. The number of carbonyl (C=O) groups is 1. The van der Waals surface area contributed by atoms with Crippen molar-refractivity contribution in [3.63, 3.8) is 0 Å². The molecule has 3 aliphatic rings. The molecule has 0 radical (unpaired) electrons. The molecule has 2 aliphatic carbocycles. The normalized spacial score (nSPS) is 20.8. The lowest BCUT2D eigenvalue weighted by molar-refractivity contribution is -0.123. The second-order valence-electron chi connectivity index (χ2n) is 15.0. The zero-order valence-corrected chi connectivity index (χ0v) is 29.4. The quantitative estimate of drug-likeness (QED) is 0.133. The number of anilines is 1. The lowest BCUT2D eigenvalue weighted by Crippen LogP contribution is -2.47. The number of β-amino-alcohol motifs (C(OH)–C–C–N with tert-alkyl or cyclic N) is 1. The molecule has 7 rings (SSSR count). The third-order valence-electron chi connectivity index (χ3n) is 11.5. The highest BCUT2D eigenvalue weighted by atomic mass is 16.3. The van der Waals surface area contributed by atoms with E-state index >= 15 is 0 Å². The van der Waals surface area contributed by atoms with E-state index in [9.17, 15) is 9.90 Å². The van der Waals surface area contributed by atoms with Crippen molar-refractivity contribution in [1.29, 1.82) is 0 Å². The molecule has 2 bridgehead atoms. The molecule has 0 atom stereocenters. The van der Waals surface area contributed by atoms with Crippen molar-refractivity contribution in [2.24, 2.45) is 11.3 Å². The van der Waals surface area contributed by atoms with Gasteiger partial charge in [0, 0.05) is 62.9 Å². The van der Waals surface area contributed by atoms with Crippen LogP contribution in [0.5, 0.6) is 0 Å². The highest BCUT2D eigenvalue weighted by molar-refractivity contribution is 5.83. The van der Waals surface area contributed by atoms with Crippen molar-refractivity contribution >= 4 is 17.4 Å². The molecule has 4 aromatic rings. The summed E-state index contributed by atoms with van der Waals surface area (Å²) in [4.78, 5) is 22.6. The molecule has 1 aliphatic heterocycles. The topological polar surface area (TPSA) is 86.0 Å². The highest BCUT2D eigenvalue weighted by Gasteiger charge is 2.45. The van der Waals surface area contributed by atoms with Crippen molar-refractivity contribution in [2.45, 2.75) is 84.0 Å². The van der Waals surface area contributed by atoms with Crippen LogP contribution in [0, 0.1) is 18.3 Å². The number of aromatic nitrogens is 3. The fraction of sp³-hybridized carbons (Fsp3) is 0.537. The SMILES string of the molecule is Cc1nn2c(N3CCN(CCO)CC3)cc(-c3cccc(CCCCCCCNC(=O)CC45CCC(CC4)C5)c3)nc2c1-c1ccccc1. The molecule has 0 spiro atoms. The van der Waals surface area contributed by atoms with E-state index in [1.165, 1.54) is 56.9 Å². The third-order valence-corrected chi connectivity index (χ3v) is 11.5. The van der Waals surface area contributed by atoms with Crippen LogP contribution in [0.1, 0.15) is 81.9 Å². The first-order valence-electron chi connectivity index (χ1n) is 18.9. The van der Waals surface area contributed by atoms with Crippen LogP contribution < -0.4 is 10.2 Å². The summed E-state index contributed by atoms with van der Waals surface area (Å²) in [5.74, 6) is 2.25. The van der Waals surface area contributed by atoms with Gasteiger partial charge in [0.15, 0.2) is 5.65 Å². The Morgan fingerprint density at radius 3 is 2.43 bits per heavy atom. The lowest BCUT2D eigenvalue weighted by Gasteiger charge is -2.35. The smallest absolute Gasteiger partial charge is 0.220 e. The number of unbranched alkanes of at least 4 members (excludes halogenated alkanes) is 4. The van der Waals surface area contributed by atoms with E-state index in [-0.39, 0.29) is 12.5 Å². The Hall–Kier alpha value is -3.75. The summed E-state index contributed by atoms with van der Waals surface area (Å²) in [6.07, 6.45) is 14.1. The number of nitrogens with zero attached hydrogens (tertiary/aromatic N) is 5. The first-order valence-corrected chi connectivity index (χ1v) is 18.9. The van der Waals surface area contributed by atoms with E-state index in [4.69, 9.17) is 10.1 Å². The van der Waals surface area contributed by atoms with E-state index in [1.54, 1.807) is 0 Å². The Kier molecular flexibility index (Phi) is 10.6. The number of hydrogen-bond acceptors (Lipinski definition) is 6. The minimum absolute atomic E-state index is 0.194. The maximum Gasteiger partial charge on any atom is 0.220 e. The summed E-state index contributed by atoms with van der Waals surface area (Å²) in [5, 5.41) is 17.7. The highest BCUT2D eigenvalue weighted by Crippen LogP contribution is 2.55. The number of fused-ring (bicyclic) bond motifs is 3. The van der Waals surface area contributed by atoms with Crippen molar-refractivity contribution in [3.8, 4) is 22.4 Å². The van der Waals surface area contributed by atoms with Gasteiger partial charge in [0.05, 0.1) is 18.0 Å². The number of aliphatic hydroxyl groups excluding tert-OH is 1. The van der Waals surface area contributed by atoms with Crippen LogP contribution in [0.4, 0.5) is 5.82 Å². The van der Waals surface area contributed by atoms with Crippen LogP contribution in [0.25, 0.3) is 28.0 Å². The summed E-state index contributed by atoms with van der Waals surface area (Å²) in [6.45, 7) is 7.40. The lowest BCUT2D eigenvalue weighted by atomic mass is 9.81. The van der Waals surface area contributed by atoms with Gasteiger partial charge >= 0.3 is 0 Å². The number of nitrogens with one attached hydrogen (secondary N) is 1. The number of carbonyl (C=O) groups excluding carboxylic acids is 1. The minimum Gasteiger partial charge on any atom is -0.395 e. The standard InChI is InChI=1S/C41H54N6O2/c1-31-39(34-13-7-5-8-14-34)40-43-36(28-38(47(40)44-31)46-23-21-45(22-24-46)25-26-48)35-15-10-12-32(27-35)11-6-3-2-4-9-20-42-37(49)30-41-18-16-33(29-41)17-19-41/h5,7-8,10,12-15,27-28,33,48H,2-4,6,9,11,16-26,29-30H2,1H3,(H,42,49). The molecule has 1 saturated heterocycles. The van der Waals surface area contributed by atoms with E-state index in [1.807, 2.05) is 10.6 Å². The molecule has 260 valence electrons. The molecule has 2 N–H and O–H groups in total. The maximum absolute atomic E-state index is 12.6. The molecule has 1 amide bonds. The first-order chi connectivity index (χ1) is 24.0. The van der Waals surface area contributed by atoms with Crippen LogP contribution in [-0.2, 0) is 11.2 Å². The fourth-order valence-corrected chi connectivity index (χ4v) is 8.83. The van der Waals surface area contributed by atoms with Crippen LogP contribution in [-0.4, -0.2) is 76.4 Å². The van der Waals surface area contributed by atoms with Crippen molar-refractivity contribution in [1.82, 2.24) is 24.8 Å². The predicted octanol–water partition coefficient (Wildman–Crippen LogP) is 7.07. The number of rotatable bonds is 15. The Labute approximate surface area is 291 Å². The number of piperazine rings is 1. The number of benzene rings is 2. The zero-order valence-electron chi connectivity index (χ0n) is 29.4. The van der Waals surface area contributed by atoms with Crippen LogP contribution in [0.15, 0.2) is 60.7 Å². The van der Waals surface area contributed by atoms with Gasteiger partial charge in [0.25, 0.3) is 0 Å². The molecule has 2 aromatic carbocycles. The number of aryl methyl sites for hydroxylation is 2. The largest absolute Gasteiger partial charge is 0.395 e. The maximum atomic E-state index is 12.6. The van der Waals surface area contributed by atoms with E-state index in [0.717, 1.165) is 110 Å². The molecule has 3 heterocycles. The summed E-state index contributed by atoms with van der Waals surface area (Å²) >= 11 is 0. The average Bonchev–Trinajstić information content (AvgIpc) is 3.82. The minimum atomic E-state index is 0.194. The van der Waals surface area contributed by atoms with Gasteiger partial charge in [-0.3, -0.25) is 9.69 Å². The van der Waals surface area contributed by atoms with E-state index in [2.05, 4.69) is 76.6 Å².